The van der Waals surface area contributed by atoms with Crippen molar-refractivity contribution in [3.8, 4) is 0 Å². The van der Waals surface area contributed by atoms with Crippen LogP contribution in [0, 0.1) is 0 Å². The lowest BCUT2D eigenvalue weighted by atomic mass is 10.5. The number of rotatable bonds is 8. The lowest BCUT2D eigenvalue weighted by Crippen LogP contribution is -2.42. The van der Waals surface area contributed by atoms with E-state index in [1.165, 1.54) is 0 Å². The van der Waals surface area contributed by atoms with Gasteiger partial charge >= 0.3 is 20.7 Å². The summed E-state index contributed by atoms with van der Waals surface area (Å²) >= 11 is 4.10. The third-order valence-corrected chi connectivity index (χ3v) is 5.09. The van der Waals surface area contributed by atoms with E-state index in [0.717, 1.165) is 18.2 Å². The lowest BCUT2D eigenvalue weighted by Gasteiger charge is -2.23. The Morgan fingerprint density at radius 2 is 1.42 bits per heavy atom. The Labute approximate surface area is 118 Å². The van der Waals surface area contributed by atoms with E-state index in [9.17, 15) is 9.59 Å². The molecule has 2 N–H and O–H groups in total. The van der Waals surface area contributed by atoms with Crippen molar-refractivity contribution in [2.45, 2.75) is 12.5 Å². The molecule has 7 nitrogen and oxygen atoms in total. The normalized spacial score (nSPS) is 10.9. The zero-order valence-corrected chi connectivity index (χ0v) is 13.1. The first kappa shape index (κ1) is 20.4. The summed E-state index contributed by atoms with van der Waals surface area (Å²) in [6.07, 6.45) is 2.08. The van der Waals surface area contributed by atoms with Crippen LogP contribution in [0.5, 0.6) is 0 Å². The highest BCUT2D eigenvalue weighted by molar-refractivity contribution is 7.80. The zero-order valence-electron chi connectivity index (χ0n) is 11.2. The average Bonchev–Trinajstić information content (AvgIpc) is 2.39. The van der Waals surface area contributed by atoms with Gasteiger partial charge in [-0.05, 0) is 12.2 Å². The molecule has 0 radical (unpaired) electrons. The minimum absolute atomic E-state index is 0.558. The third kappa shape index (κ3) is 11.9. The molecule has 0 saturated heterocycles. The molecule has 0 unspecified atom stereocenters. The standard InChI is InChI=1S/C6H16O3SSi.C4H4O4/c1-7-11(8-2,9-3)6-4-5-10;5-3(6)1-2-4(7)8/h10H,4-6H2,1-3H3;1-2H,(H,5,6)(H,7,8)/b;2-1-. The third-order valence-electron chi connectivity index (χ3n) is 1.94. The van der Waals surface area contributed by atoms with Crippen LogP contribution in [0.3, 0.4) is 0 Å². The van der Waals surface area contributed by atoms with Gasteiger partial charge in [0.15, 0.2) is 0 Å². The molecule has 0 bridgehead atoms. The first-order valence-corrected chi connectivity index (χ1v) is 7.84. The van der Waals surface area contributed by atoms with Crippen LogP contribution in [0.25, 0.3) is 0 Å². The molecular weight excluding hydrogens is 292 g/mol. The summed E-state index contributed by atoms with van der Waals surface area (Å²) in [4.78, 5) is 19.1. The van der Waals surface area contributed by atoms with Gasteiger partial charge in [0.2, 0.25) is 0 Å². The van der Waals surface area contributed by atoms with Gasteiger partial charge < -0.3 is 23.5 Å². The van der Waals surface area contributed by atoms with Crippen LogP contribution < -0.4 is 0 Å². The highest BCUT2D eigenvalue weighted by Gasteiger charge is 2.36. The van der Waals surface area contributed by atoms with Gasteiger partial charge in [-0.15, -0.1) is 0 Å². The van der Waals surface area contributed by atoms with E-state index in [1.54, 1.807) is 21.3 Å². The van der Waals surface area contributed by atoms with Gasteiger partial charge in [0.05, 0.1) is 0 Å². The molecule has 0 aliphatic rings. The lowest BCUT2D eigenvalue weighted by molar-refractivity contribution is -0.134. The molecule has 0 amide bonds. The number of aliphatic carboxylic acids is 2. The fraction of sp³-hybridized carbons (Fsp3) is 0.600. The van der Waals surface area contributed by atoms with Gasteiger partial charge in [0.25, 0.3) is 0 Å². The Hall–Kier alpha value is -0.873. The minimum atomic E-state index is -2.29. The molecule has 112 valence electrons. The largest absolute Gasteiger partial charge is 0.500 e. The second kappa shape index (κ2) is 12.2. The van der Waals surface area contributed by atoms with E-state index in [0.29, 0.717) is 12.2 Å². The molecule has 0 aromatic heterocycles. The highest BCUT2D eigenvalue weighted by Crippen LogP contribution is 2.14. The summed E-state index contributed by atoms with van der Waals surface area (Å²) in [5.74, 6) is -1.68. The molecule has 19 heavy (non-hydrogen) atoms. The number of hydrogen-bond acceptors (Lipinski definition) is 6. The Morgan fingerprint density at radius 1 is 1.05 bits per heavy atom. The van der Waals surface area contributed by atoms with Crippen LogP contribution in [0.15, 0.2) is 12.2 Å². The van der Waals surface area contributed by atoms with E-state index in [-0.39, 0.29) is 0 Å². The predicted octanol–water partition coefficient (Wildman–Crippen LogP) is 0.896. The molecule has 0 saturated carbocycles. The number of hydrogen-bond donors (Lipinski definition) is 3. The van der Waals surface area contributed by atoms with Crippen molar-refractivity contribution in [3.63, 3.8) is 0 Å². The molecule has 0 aromatic carbocycles. The van der Waals surface area contributed by atoms with Gasteiger partial charge in [-0.1, -0.05) is 0 Å². The summed E-state index contributed by atoms with van der Waals surface area (Å²) in [6.45, 7) is 0. The Balaban J connectivity index is 0. The van der Waals surface area contributed by atoms with Crippen LogP contribution in [0.1, 0.15) is 6.42 Å². The first-order valence-electron chi connectivity index (χ1n) is 5.27. The van der Waals surface area contributed by atoms with Gasteiger partial charge in [-0.2, -0.15) is 12.6 Å². The van der Waals surface area contributed by atoms with Crippen molar-refractivity contribution in [1.29, 1.82) is 0 Å². The number of carboxylic acid groups (broad SMARTS) is 2. The maximum Gasteiger partial charge on any atom is 0.500 e. The Morgan fingerprint density at radius 3 is 1.63 bits per heavy atom. The van der Waals surface area contributed by atoms with Gasteiger partial charge in [0, 0.05) is 39.5 Å². The van der Waals surface area contributed by atoms with Crippen molar-refractivity contribution < 1.29 is 33.1 Å². The molecule has 0 fully saturated rings. The van der Waals surface area contributed by atoms with E-state index in [4.69, 9.17) is 23.5 Å². The monoisotopic (exact) mass is 312 g/mol. The molecule has 0 rings (SSSR count). The second-order valence-corrected chi connectivity index (χ2v) is 6.67. The molecule has 0 aromatic rings. The van der Waals surface area contributed by atoms with Crippen molar-refractivity contribution in [2.75, 3.05) is 27.1 Å². The molecule has 0 heterocycles. The first-order chi connectivity index (χ1) is 8.87. The van der Waals surface area contributed by atoms with Gasteiger partial charge in [-0.25, -0.2) is 9.59 Å². The van der Waals surface area contributed by atoms with Crippen LogP contribution in [-0.4, -0.2) is 58.0 Å². The van der Waals surface area contributed by atoms with Crippen LogP contribution >= 0.6 is 12.6 Å². The number of carboxylic acids is 2. The number of carbonyl (C=O) groups is 2. The van der Waals surface area contributed by atoms with E-state index < -0.39 is 20.7 Å². The summed E-state index contributed by atoms with van der Waals surface area (Å²) in [7, 11) is 2.58. The average molecular weight is 312 g/mol. The molecule has 0 spiro atoms. The van der Waals surface area contributed by atoms with E-state index >= 15 is 0 Å². The summed E-state index contributed by atoms with van der Waals surface area (Å²) in [6, 6.07) is 0.833. The van der Waals surface area contributed by atoms with Gasteiger partial charge in [-0.3, -0.25) is 0 Å². The van der Waals surface area contributed by atoms with Crippen LogP contribution in [0.2, 0.25) is 6.04 Å². The Kier molecular flexibility index (Phi) is 13.1. The van der Waals surface area contributed by atoms with Crippen molar-refractivity contribution >= 4 is 33.4 Å². The quantitative estimate of drug-likeness (QED) is 0.347. The molecular formula is C10H20O7SSi. The zero-order chi connectivity index (χ0) is 15.3. The minimum Gasteiger partial charge on any atom is -0.478 e. The van der Waals surface area contributed by atoms with E-state index in [2.05, 4.69) is 12.6 Å². The molecule has 0 atom stereocenters. The van der Waals surface area contributed by atoms with Crippen LogP contribution in [0.4, 0.5) is 0 Å². The maximum atomic E-state index is 9.55. The predicted molar refractivity (Wildman–Crippen MR) is 74.5 cm³/mol. The second-order valence-electron chi connectivity index (χ2n) is 3.13. The van der Waals surface area contributed by atoms with Crippen LogP contribution in [-0.2, 0) is 22.9 Å². The maximum absolute atomic E-state index is 9.55. The summed E-state index contributed by atoms with van der Waals surface area (Å²) in [5, 5.41) is 15.6. The van der Waals surface area contributed by atoms with Gasteiger partial charge in [0.1, 0.15) is 0 Å². The molecule has 0 aliphatic heterocycles. The number of thiol groups is 1. The van der Waals surface area contributed by atoms with Crippen molar-refractivity contribution in [2.24, 2.45) is 0 Å². The van der Waals surface area contributed by atoms with Crippen molar-refractivity contribution in [3.05, 3.63) is 12.2 Å². The summed E-state index contributed by atoms with van der Waals surface area (Å²) < 4.78 is 15.6. The fourth-order valence-electron chi connectivity index (χ4n) is 0.994. The SMILES string of the molecule is CO[Si](CCCS)(OC)OC.O=C(O)/C=C\C(=O)O. The smallest absolute Gasteiger partial charge is 0.478 e. The molecule has 9 heteroatoms. The summed E-state index contributed by atoms with van der Waals surface area (Å²) in [5.41, 5.74) is 0. The topological polar surface area (TPSA) is 102 Å². The van der Waals surface area contributed by atoms with Crippen molar-refractivity contribution in [1.82, 2.24) is 0 Å². The Bertz CT molecular complexity index is 267. The molecule has 0 aliphatic carbocycles. The fourth-order valence-corrected chi connectivity index (χ4v) is 3.17. The van der Waals surface area contributed by atoms with E-state index in [1.807, 2.05) is 0 Å². The highest BCUT2D eigenvalue weighted by atomic mass is 32.1.